The zero-order chi connectivity index (χ0) is 11.7. The maximum atomic E-state index is 10.3. The Kier molecular flexibility index (Phi) is 2.94. The fraction of sp³-hybridized carbons (Fsp3) is 0.250. The molecule has 0 aromatic carbocycles. The van der Waals surface area contributed by atoms with Crippen LogP contribution >= 0.6 is 11.3 Å². The second-order valence-corrected chi connectivity index (χ2v) is 4.64. The normalized spacial score (nSPS) is 12.7. The molecular formula is C12H14N2OS. The van der Waals surface area contributed by atoms with Crippen LogP contribution in [0.25, 0.3) is 0 Å². The summed E-state index contributed by atoms with van der Waals surface area (Å²) in [6.45, 7) is 3.91. The maximum Gasteiger partial charge on any atom is 0.129 e. The van der Waals surface area contributed by atoms with Gasteiger partial charge in [0, 0.05) is 11.8 Å². The molecule has 84 valence electrons. The highest BCUT2D eigenvalue weighted by Gasteiger charge is 2.17. The Balaban J connectivity index is 2.45. The molecule has 0 bridgehead atoms. The summed E-state index contributed by atoms with van der Waals surface area (Å²) in [6, 6.07) is 1.88. The number of pyridine rings is 1. The zero-order valence-electron chi connectivity index (χ0n) is 9.27. The van der Waals surface area contributed by atoms with E-state index in [-0.39, 0.29) is 0 Å². The number of aliphatic hydroxyl groups excluding tert-OH is 1. The number of thiophene rings is 1. The molecule has 1 unspecified atom stereocenters. The number of hydrogen-bond donors (Lipinski definition) is 2. The SMILES string of the molecule is Cc1cnc(N)c(C(O)c2cscc2C)c1. The third-order valence-electron chi connectivity index (χ3n) is 2.57. The predicted octanol–water partition coefficient (Wildman–Crippen LogP) is 2.42. The van der Waals surface area contributed by atoms with Crippen LogP contribution in [0.1, 0.15) is 28.4 Å². The molecule has 0 aliphatic rings. The lowest BCUT2D eigenvalue weighted by molar-refractivity contribution is 0.220. The largest absolute Gasteiger partial charge is 0.383 e. The van der Waals surface area contributed by atoms with Gasteiger partial charge in [0.1, 0.15) is 11.9 Å². The molecule has 2 rings (SSSR count). The smallest absolute Gasteiger partial charge is 0.129 e. The van der Waals surface area contributed by atoms with E-state index in [0.29, 0.717) is 11.4 Å². The van der Waals surface area contributed by atoms with Crippen LogP contribution in [-0.2, 0) is 0 Å². The van der Waals surface area contributed by atoms with Gasteiger partial charge in [-0.25, -0.2) is 4.98 Å². The van der Waals surface area contributed by atoms with E-state index >= 15 is 0 Å². The van der Waals surface area contributed by atoms with E-state index in [2.05, 4.69) is 4.98 Å². The second kappa shape index (κ2) is 4.23. The maximum absolute atomic E-state index is 10.3. The molecule has 16 heavy (non-hydrogen) atoms. The topological polar surface area (TPSA) is 59.1 Å². The number of aromatic nitrogens is 1. The van der Waals surface area contributed by atoms with Crippen LogP contribution < -0.4 is 5.73 Å². The molecule has 2 heterocycles. The quantitative estimate of drug-likeness (QED) is 0.839. The van der Waals surface area contributed by atoms with Crippen LogP contribution in [0.15, 0.2) is 23.0 Å². The summed E-state index contributed by atoms with van der Waals surface area (Å²) in [4.78, 5) is 4.06. The molecule has 4 heteroatoms. The van der Waals surface area contributed by atoms with Gasteiger partial charge in [0.15, 0.2) is 0 Å². The number of hydrogen-bond acceptors (Lipinski definition) is 4. The van der Waals surface area contributed by atoms with Gasteiger partial charge in [-0.15, -0.1) is 0 Å². The Morgan fingerprint density at radius 2 is 2.06 bits per heavy atom. The standard InChI is InChI=1S/C12H14N2OS/c1-7-3-9(12(13)14-4-7)11(15)10-6-16-5-8(10)2/h3-6,11,15H,1-2H3,(H2,13,14). The summed E-state index contributed by atoms with van der Waals surface area (Å²) in [5, 5.41) is 14.2. The first-order valence-electron chi connectivity index (χ1n) is 5.02. The first-order valence-corrected chi connectivity index (χ1v) is 5.96. The van der Waals surface area contributed by atoms with E-state index < -0.39 is 6.10 Å². The summed E-state index contributed by atoms with van der Waals surface area (Å²) in [5.41, 5.74) is 9.45. The molecule has 3 nitrogen and oxygen atoms in total. The van der Waals surface area contributed by atoms with Crippen molar-refractivity contribution in [3.05, 3.63) is 45.3 Å². The van der Waals surface area contributed by atoms with Gasteiger partial charge in [0.25, 0.3) is 0 Å². The Hall–Kier alpha value is -1.39. The van der Waals surface area contributed by atoms with Crippen molar-refractivity contribution in [2.75, 3.05) is 5.73 Å². The third-order valence-corrected chi connectivity index (χ3v) is 3.45. The van der Waals surface area contributed by atoms with Crippen LogP contribution in [0.4, 0.5) is 5.82 Å². The Morgan fingerprint density at radius 1 is 1.31 bits per heavy atom. The Morgan fingerprint density at radius 3 is 2.69 bits per heavy atom. The summed E-state index contributed by atoms with van der Waals surface area (Å²) < 4.78 is 0. The highest BCUT2D eigenvalue weighted by molar-refractivity contribution is 7.08. The van der Waals surface area contributed by atoms with E-state index in [1.165, 1.54) is 0 Å². The fourth-order valence-electron chi connectivity index (χ4n) is 1.64. The average Bonchev–Trinajstić information content (AvgIpc) is 2.67. The van der Waals surface area contributed by atoms with E-state index in [4.69, 9.17) is 5.73 Å². The van der Waals surface area contributed by atoms with Gasteiger partial charge in [-0.3, -0.25) is 0 Å². The van der Waals surface area contributed by atoms with Gasteiger partial charge in [-0.05, 0) is 47.4 Å². The molecule has 1 atom stereocenters. The molecule has 3 N–H and O–H groups in total. The zero-order valence-corrected chi connectivity index (χ0v) is 10.1. The van der Waals surface area contributed by atoms with Gasteiger partial charge >= 0.3 is 0 Å². The highest BCUT2D eigenvalue weighted by atomic mass is 32.1. The van der Waals surface area contributed by atoms with Gasteiger partial charge in [0.2, 0.25) is 0 Å². The van der Waals surface area contributed by atoms with Crippen LogP contribution in [0.3, 0.4) is 0 Å². The van der Waals surface area contributed by atoms with Crippen molar-refractivity contribution in [2.45, 2.75) is 20.0 Å². The van der Waals surface area contributed by atoms with Gasteiger partial charge in [-0.2, -0.15) is 11.3 Å². The molecular weight excluding hydrogens is 220 g/mol. The minimum atomic E-state index is -0.682. The van der Waals surface area contributed by atoms with E-state index in [1.54, 1.807) is 17.5 Å². The lowest BCUT2D eigenvalue weighted by Crippen LogP contribution is -2.06. The van der Waals surface area contributed by atoms with E-state index in [1.807, 2.05) is 30.7 Å². The molecule has 0 saturated carbocycles. The van der Waals surface area contributed by atoms with Crippen LogP contribution in [0.2, 0.25) is 0 Å². The first kappa shape index (κ1) is 11.1. The molecule has 0 aliphatic carbocycles. The van der Waals surface area contributed by atoms with E-state index in [9.17, 15) is 5.11 Å². The number of anilines is 1. The van der Waals surface area contributed by atoms with Crippen molar-refractivity contribution < 1.29 is 5.11 Å². The third kappa shape index (κ3) is 1.94. The number of aliphatic hydroxyl groups is 1. The first-order chi connectivity index (χ1) is 7.59. The Bertz CT molecular complexity index is 507. The summed E-state index contributed by atoms with van der Waals surface area (Å²) >= 11 is 1.58. The van der Waals surface area contributed by atoms with Crippen molar-refractivity contribution in [1.82, 2.24) is 4.98 Å². The molecule has 0 amide bonds. The molecule has 0 spiro atoms. The lowest BCUT2D eigenvalue weighted by atomic mass is 10.0. The van der Waals surface area contributed by atoms with Crippen LogP contribution in [-0.4, -0.2) is 10.1 Å². The molecule has 0 saturated heterocycles. The highest BCUT2D eigenvalue weighted by Crippen LogP contribution is 2.30. The number of nitrogens with two attached hydrogens (primary N) is 1. The summed E-state index contributed by atoms with van der Waals surface area (Å²) in [7, 11) is 0. The van der Waals surface area contributed by atoms with Crippen molar-refractivity contribution in [1.29, 1.82) is 0 Å². The van der Waals surface area contributed by atoms with Crippen LogP contribution in [0.5, 0.6) is 0 Å². The number of aryl methyl sites for hydroxylation is 2. The van der Waals surface area contributed by atoms with Gasteiger partial charge < -0.3 is 10.8 Å². The van der Waals surface area contributed by atoms with E-state index in [0.717, 1.165) is 16.7 Å². The van der Waals surface area contributed by atoms with Crippen molar-refractivity contribution in [2.24, 2.45) is 0 Å². The summed E-state index contributed by atoms with van der Waals surface area (Å²) in [6.07, 6.45) is 1.02. The number of nitrogens with zero attached hydrogens (tertiary/aromatic N) is 1. The summed E-state index contributed by atoms with van der Waals surface area (Å²) in [5.74, 6) is 0.392. The molecule has 0 radical (unpaired) electrons. The van der Waals surface area contributed by atoms with Crippen molar-refractivity contribution in [3.8, 4) is 0 Å². The second-order valence-electron chi connectivity index (χ2n) is 3.90. The average molecular weight is 234 g/mol. The molecule has 0 fully saturated rings. The van der Waals surface area contributed by atoms with Crippen LogP contribution in [0, 0.1) is 13.8 Å². The van der Waals surface area contributed by atoms with Crippen molar-refractivity contribution in [3.63, 3.8) is 0 Å². The van der Waals surface area contributed by atoms with Crippen molar-refractivity contribution >= 4 is 17.2 Å². The minimum Gasteiger partial charge on any atom is -0.383 e. The van der Waals surface area contributed by atoms with Gasteiger partial charge in [-0.1, -0.05) is 0 Å². The predicted molar refractivity (Wildman–Crippen MR) is 66.5 cm³/mol. The monoisotopic (exact) mass is 234 g/mol. The minimum absolute atomic E-state index is 0.392. The molecule has 2 aromatic rings. The van der Waals surface area contributed by atoms with Gasteiger partial charge in [0.05, 0.1) is 0 Å². The molecule has 0 aliphatic heterocycles. The Labute approximate surface area is 98.6 Å². The number of nitrogen functional groups attached to an aromatic ring is 1. The number of rotatable bonds is 2. The molecule has 2 aromatic heterocycles. The lowest BCUT2D eigenvalue weighted by Gasteiger charge is -2.13. The fourth-order valence-corrected chi connectivity index (χ4v) is 2.51.